The molecule has 1 amide bonds. The Morgan fingerprint density at radius 2 is 1.83 bits per heavy atom. The Morgan fingerprint density at radius 1 is 1.10 bits per heavy atom. The van der Waals surface area contributed by atoms with Crippen LogP contribution in [0.4, 0.5) is 5.69 Å². The maximum Gasteiger partial charge on any atom is 0.234 e. The van der Waals surface area contributed by atoms with Gasteiger partial charge in [0.1, 0.15) is 0 Å². The zero-order chi connectivity index (χ0) is 21.5. The molecule has 2 aromatic carbocycles. The number of aromatic nitrogens is 4. The normalized spacial score (nSPS) is 12.0. The first kappa shape index (κ1) is 20.3. The maximum atomic E-state index is 12.5. The first-order chi connectivity index (χ1) is 14.3. The number of fused-ring (bicyclic) bond motifs is 3. The summed E-state index contributed by atoms with van der Waals surface area (Å²) < 4.78 is 3.75. The highest BCUT2D eigenvalue weighted by Crippen LogP contribution is 2.31. The molecule has 0 aliphatic carbocycles. The lowest BCUT2D eigenvalue weighted by Crippen LogP contribution is -2.24. The molecule has 0 aliphatic heterocycles. The van der Waals surface area contributed by atoms with Crippen molar-refractivity contribution in [1.82, 2.24) is 19.4 Å². The average Bonchev–Trinajstić information content (AvgIpc) is 3.23. The quantitative estimate of drug-likeness (QED) is 0.372. The van der Waals surface area contributed by atoms with Crippen LogP contribution in [0.25, 0.3) is 21.8 Å². The Bertz CT molecular complexity index is 1230. The summed E-state index contributed by atoms with van der Waals surface area (Å²) in [6.45, 7) is 9.09. The van der Waals surface area contributed by atoms with Crippen molar-refractivity contribution in [2.75, 3.05) is 16.9 Å². The van der Waals surface area contributed by atoms with Crippen LogP contribution in [0.2, 0.25) is 0 Å². The third kappa shape index (κ3) is 3.63. The highest BCUT2D eigenvalue weighted by Gasteiger charge is 2.23. The molecule has 4 aromatic rings. The molecule has 0 atom stereocenters. The Kier molecular flexibility index (Phi) is 5.19. The number of nitrogens with two attached hydrogens (primary N) is 1. The minimum absolute atomic E-state index is 0.112. The van der Waals surface area contributed by atoms with Gasteiger partial charge in [0.2, 0.25) is 11.1 Å². The number of carbonyl (C=O) groups is 1. The number of carbonyl (C=O) groups excluding carboxylic acids is 1. The van der Waals surface area contributed by atoms with Crippen molar-refractivity contribution >= 4 is 45.2 Å². The molecule has 0 spiro atoms. The summed E-state index contributed by atoms with van der Waals surface area (Å²) in [5.41, 5.74) is 2.93. The van der Waals surface area contributed by atoms with Crippen LogP contribution < -0.4 is 11.2 Å². The van der Waals surface area contributed by atoms with Crippen LogP contribution >= 0.6 is 11.8 Å². The number of aryl methyl sites for hydroxylation is 1. The molecule has 7 nitrogen and oxygen atoms in total. The number of nitrogens with zero attached hydrogens (tertiary/aromatic N) is 4. The van der Waals surface area contributed by atoms with Crippen LogP contribution in [-0.4, -0.2) is 31.1 Å². The van der Waals surface area contributed by atoms with Crippen LogP contribution in [0.3, 0.4) is 0 Å². The average molecular weight is 423 g/mol. The Balaban J connectivity index is 1.51. The van der Waals surface area contributed by atoms with Crippen molar-refractivity contribution in [1.29, 1.82) is 0 Å². The molecule has 0 saturated carbocycles. The van der Waals surface area contributed by atoms with Gasteiger partial charge in [-0.05, 0) is 31.2 Å². The van der Waals surface area contributed by atoms with Gasteiger partial charge in [-0.3, -0.25) is 4.79 Å². The van der Waals surface area contributed by atoms with Gasteiger partial charge in [-0.2, -0.15) is 0 Å². The number of hydrogen-bond donors (Lipinski definition) is 2. The smallest absolute Gasteiger partial charge is 0.234 e. The van der Waals surface area contributed by atoms with Gasteiger partial charge in [0, 0.05) is 39.5 Å². The molecule has 0 bridgehead atoms. The van der Waals surface area contributed by atoms with Gasteiger partial charge in [0.25, 0.3) is 0 Å². The second kappa shape index (κ2) is 7.68. The third-order valence-corrected chi connectivity index (χ3v) is 5.98. The molecule has 0 saturated heterocycles. The predicted molar refractivity (Wildman–Crippen MR) is 123 cm³/mol. The fraction of sp³-hybridized carbons (Fsp3) is 0.318. The van der Waals surface area contributed by atoms with Gasteiger partial charge in [-0.25, -0.2) is 4.68 Å². The summed E-state index contributed by atoms with van der Waals surface area (Å²) >= 11 is 1.27. The number of amides is 1. The van der Waals surface area contributed by atoms with E-state index in [1.807, 2.05) is 39.0 Å². The van der Waals surface area contributed by atoms with Crippen LogP contribution in [0.1, 0.15) is 33.5 Å². The summed E-state index contributed by atoms with van der Waals surface area (Å²) in [6.07, 6.45) is 0. The summed E-state index contributed by atoms with van der Waals surface area (Å²) in [5, 5.41) is 14.1. The van der Waals surface area contributed by atoms with Crippen LogP contribution in [0.5, 0.6) is 0 Å². The minimum Gasteiger partial charge on any atom is -0.341 e. The minimum atomic E-state index is -0.212. The van der Waals surface area contributed by atoms with E-state index in [9.17, 15) is 4.79 Å². The van der Waals surface area contributed by atoms with Gasteiger partial charge in [-0.1, -0.05) is 50.7 Å². The van der Waals surface area contributed by atoms with Crippen molar-refractivity contribution in [3.63, 3.8) is 0 Å². The lowest BCUT2D eigenvalue weighted by Gasteiger charge is -2.16. The Morgan fingerprint density at radius 3 is 2.53 bits per heavy atom. The summed E-state index contributed by atoms with van der Waals surface area (Å²) in [6, 6.07) is 14.4. The number of benzene rings is 2. The monoisotopic (exact) mass is 422 g/mol. The molecule has 156 valence electrons. The van der Waals surface area contributed by atoms with Crippen LogP contribution in [0, 0.1) is 0 Å². The highest BCUT2D eigenvalue weighted by molar-refractivity contribution is 7.99. The van der Waals surface area contributed by atoms with Crippen molar-refractivity contribution < 1.29 is 4.79 Å². The molecular formula is C22H26N6OS. The lowest BCUT2D eigenvalue weighted by molar-refractivity contribution is -0.113. The van der Waals surface area contributed by atoms with Gasteiger partial charge >= 0.3 is 0 Å². The van der Waals surface area contributed by atoms with Gasteiger partial charge in [0.15, 0.2) is 5.82 Å². The first-order valence-electron chi connectivity index (χ1n) is 9.94. The number of nitrogens with one attached hydrogen (secondary N) is 1. The molecule has 8 heteroatoms. The van der Waals surface area contributed by atoms with E-state index >= 15 is 0 Å². The van der Waals surface area contributed by atoms with Gasteiger partial charge in [0.05, 0.1) is 5.75 Å². The molecule has 0 fully saturated rings. The van der Waals surface area contributed by atoms with E-state index in [4.69, 9.17) is 5.84 Å². The Hall–Kier alpha value is -3.00. The molecule has 2 heterocycles. The zero-order valence-electron chi connectivity index (χ0n) is 17.6. The summed E-state index contributed by atoms with van der Waals surface area (Å²) in [7, 11) is 0. The van der Waals surface area contributed by atoms with Crippen LogP contribution in [0.15, 0.2) is 47.6 Å². The zero-order valence-corrected chi connectivity index (χ0v) is 18.5. The molecule has 3 N–H and O–H groups in total. The van der Waals surface area contributed by atoms with E-state index < -0.39 is 0 Å². The number of rotatable bonds is 5. The molecule has 0 radical (unpaired) electrons. The largest absolute Gasteiger partial charge is 0.341 e. The Labute approximate surface area is 179 Å². The molecule has 0 unspecified atom stereocenters. The first-order valence-corrected chi connectivity index (χ1v) is 10.9. The number of nitrogen functional groups attached to an aromatic ring is 1. The summed E-state index contributed by atoms with van der Waals surface area (Å²) in [5.74, 6) is 6.87. The SMILES string of the molecule is CCn1c2ccccc2c2cc(NC(=O)CSc3nnc(C(C)(C)C)n3N)ccc21. The second-order valence-corrected chi connectivity index (χ2v) is 9.20. The van der Waals surface area contributed by atoms with E-state index in [1.165, 1.54) is 27.3 Å². The van der Waals surface area contributed by atoms with E-state index in [0.29, 0.717) is 11.0 Å². The van der Waals surface area contributed by atoms with Crippen molar-refractivity contribution in [3.05, 3.63) is 48.3 Å². The van der Waals surface area contributed by atoms with Crippen molar-refractivity contribution in [2.24, 2.45) is 0 Å². The van der Waals surface area contributed by atoms with Crippen molar-refractivity contribution in [3.8, 4) is 0 Å². The molecule has 30 heavy (non-hydrogen) atoms. The van der Waals surface area contributed by atoms with E-state index in [-0.39, 0.29) is 17.1 Å². The fourth-order valence-corrected chi connectivity index (χ4v) is 4.34. The number of hydrogen-bond acceptors (Lipinski definition) is 5. The summed E-state index contributed by atoms with van der Waals surface area (Å²) in [4.78, 5) is 12.5. The molecule has 2 aromatic heterocycles. The molecule has 0 aliphatic rings. The molecular weight excluding hydrogens is 396 g/mol. The topological polar surface area (TPSA) is 90.8 Å². The molecule has 4 rings (SSSR count). The highest BCUT2D eigenvalue weighted by atomic mass is 32.2. The van der Waals surface area contributed by atoms with E-state index in [2.05, 4.69) is 51.3 Å². The lowest BCUT2D eigenvalue weighted by atomic mass is 9.96. The fourth-order valence-electron chi connectivity index (χ4n) is 3.69. The van der Waals surface area contributed by atoms with E-state index in [0.717, 1.165) is 23.1 Å². The van der Waals surface area contributed by atoms with E-state index in [1.54, 1.807) is 0 Å². The predicted octanol–water partition coefficient (Wildman–Crippen LogP) is 4.15. The number of thioether (sulfide) groups is 1. The van der Waals surface area contributed by atoms with Gasteiger partial charge in [-0.15, -0.1) is 10.2 Å². The standard InChI is InChI=1S/C22H26N6OS/c1-5-27-17-9-7-6-8-15(17)16-12-14(10-11-18(16)27)24-19(29)13-30-21-26-25-20(28(21)23)22(2,3)4/h6-12H,5,13,23H2,1-4H3,(H,24,29). The number of anilines is 1. The van der Waals surface area contributed by atoms with Crippen LogP contribution in [-0.2, 0) is 16.8 Å². The maximum absolute atomic E-state index is 12.5. The van der Waals surface area contributed by atoms with Gasteiger partial charge < -0.3 is 15.7 Å². The third-order valence-electron chi connectivity index (χ3n) is 5.04. The van der Waals surface area contributed by atoms with Crippen molar-refractivity contribution in [2.45, 2.75) is 44.8 Å². The number of para-hydroxylation sites is 1. The second-order valence-electron chi connectivity index (χ2n) is 8.26.